The predicted molar refractivity (Wildman–Crippen MR) is 101 cm³/mol. The van der Waals surface area contributed by atoms with Gasteiger partial charge in [0.05, 0.1) is 4.90 Å². The average Bonchev–Trinajstić information content (AvgIpc) is 2.57. The van der Waals surface area contributed by atoms with E-state index in [-0.39, 0.29) is 6.04 Å². The maximum Gasteiger partial charge on any atom is 0.240 e. The molecule has 1 N–H and O–H groups in total. The third kappa shape index (κ3) is 6.56. The highest BCUT2D eigenvalue weighted by Gasteiger charge is 2.19. The first kappa shape index (κ1) is 19.5. The molecule has 0 amide bonds. The molecule has 0 bridgehead atoms. The Morgan fingerprint density at radius 2 is 1.29 bits per heavy atom. The van der Waals surface area contributed by atoms with Gasteiger partial charge in [-0.15, -0.1) is 0 Å². The standard InChI is InChI=1S/C20H33NO2S/c1-2-18-14-16-20(17-15-18)24(22,23)21-19-12-10-8-6-4-3-5-7-9-11-13-19/h14-17,19,21H,2-13H2,1H3. The Morgan fingerprint density at radius 3 is 1.75 bits per heavy atom. The van der Waals surface area contributed by atoms with Gasteiger partial charge in [0.1, 0.15) is 0 Å². The van der Waals surface area contributed by atoms with Crippen molar-refractivity contribution in [3.05, 3.63) is 29.8 Å². The molecule has 0 atom stereocenters. The third-order valence-electron chi connectivity index (χ3n) is 5.07. The average molecular weight is 352 g/mol. The fourth-order valence-corrected chi connectivity index (χ4v) is 4.78. The fourth-order valence-electron chi connectivity index (χ4n) is 3.47. The molecule has 3 nitrogen and oxygen atoms in total. The summed E-state index contributed by atoms with van der Waals surface area (Å²) in [6.45, 7) is 2.08. The van der Waals surface area contributed by atoms with Crippen LogP contribution in [0.2, 0.25) is 0 Å². The molecule has 1 aliphatic carbocycles. The van der Waals surface area contributed by atoms with E-state index in [0.717, 1.165) is 32.1 Å². The molecular weight excluding hydrogens is 318 g/mol. The lowest BCUT2D eigenvalue weighted by Crippen LogP contribution is -2.35. The van der Waals surface area contributed by atoms with E-state index >= 15 is 0 Å². The quantitative estimate of drug-likeness (QED) is 0.810. The number of hydrogen-bond donors (Lipinski definition) is 1. The maximum atomic E-state index is 12.7. The molecule has 1 aliphatic rings. The van der Waals surface area contributed by atoms with Gasteiger partial charge in [-0.3, -0.25) is 0 Å². The van der Waals surface area contributed by atoms with Crippen molar-refractivity contribution in [3.8, 4) is 0 Å². The zero-order valence-electron chi connectivity index (χ0n) is 15.1. The molecule has 0 saturated heterocycles. The molecular formula is C20H33NO2S. The van der Waals surface area contributed by atoms with Crippen molar-refractivity contribution < 1.29 is 8.42 Å². The zero-order chi connectivity index (χ0) is 17.3. The van der Waals surface area contributed by atoms with Crippen LogP contribution in [0.5, 0.6) is 0 Å². The number of rotatable bonds is 4. The van der Waals surface area contributed by atoms with E-state index in [1.807, 2.05) is 12.1 Å². The second-order valence-electron chi connectivity index (χ2n) is 7.08. The lowest BCUT2D eigenvalue weighted by Gasteiger charge is -2.19. The summed E-state index contributed by atoms with van der Waals surface area (Å²) in [5, 5.41) is 0. The Bertz CT molecular complexity index is 554. The summed E-state index contributed by atoms with van der Waals surface area (Å²) in [5.74, 6) is 0. The molecule has 136 valence electrons. The third-order valence-corrected chi connectivity index (χ3v) is 6.61. The highest BCUT2D eigenvalue weighted by atomic mass is 32.2. The van der Waals surface area contributed by atoms with Crippen LogP contribution >= 0.6 is 0 Å². The molecule has 4 heteroatoms. The maximum absolute atomic E-state index is 12.7. The van der Waals surface area contributed by atoms with Crippen LogP contribution in [-0.2, 0) is 16.4 Å². The Hall–Kier alpha value is -0.870. The minimum Gasteiger partial charge on any atom is -0.208 e. The largest absolute Gasteiger partial charge is 0.240 e. The SMILES string of the molecule is CCc1ccc(S(=O)(=O)NC2CCCCCCCCCCC2)cc1. The van der Waals surface area contributed by atoms with Crippen LogP contribution in [0.3, 0.4) is 0 Å². The van der Waals surface area contributed by atoms with E-state index < -0.39 is 10.0 Å². The van der Waals surface area contributed by atoms with Gasteiger partial charge in [0, 0.05) is 6.04 Å². The van der Waals surface area contributed by atoms with Crippen molar-refractivity contribution in [1.29, 1.82) is 0 Å². The number of aryl methyl sites for hydroxylation is 1. The molecule has 0 aliphatic heterocycles. The van der Waals surface area contributed by atoms with Crippen molar-refractivity contribution in [3.63, 3.8) is 0 Å². The van der Waals surface area contributed by atoms with Crippen molar-refractivity contribution in [1.82, 2.24) is 4.72 Å². The molecule has 0 heterocycles. The number of hydrogen-bond acceptors (Lipinski definition) is 2. The van der Waals surface area contributed by atoms with E-state index in [1.54, 1.807) is 12.1 Å². The van der Waals surface area contributed by atoms with Crippen LogP contribution in [0.4, 0.5) is 0 Å². The highest BCUT2D eigenvalue weighted by molar-refractivity contribution is 7.89. The summed E-state index contributed by atoms with van der Waals surface area (Å²) in [5.41, 5.74) is 1.17. The first-order valence-corrected chi connectivity index (χ1v) is 11.2. The Morgan fingerprint density at radius 1 is 0.833 bits per heavy atom. The lowest BCUT2D eigenvalue weighted by atomic mass is 9.98. The highest BCUT2D eigenvalue weighted by Crippen LogP contribution is 2.19. The van der Waals surface area contributed by atoms with E-state index in [4.69, 9.17) is 0 Å². The fraction of sp³-hybridized carbons (Fsp3) is 0.700. The van der Waals surface area contributed by atoms with Gasteiger partial charge in [0.25, 0.3) is 0 Å². The molecule has 0 aromatic heterocycles. The van der Waals surface area contributed by atoms with Crippen molar-refractivity contribution >= 4 is 10.0 Å². The molecule has 1 aromatic carbocycles. The number of sulfonamides is 1. The number of benzene rings is 1. The molecule has 1 saturated carbocycles. The van der Waals surface area contributed by atoms with E-state index in [9.17, 15) is 8.42 Å². The number of nitrogens with one attached hydrogen (secondary N) is 1. The first-order valence-electron chi connectivity index (χ1n) is 9.73. The zero-order valence-corrected chi connectivity index (χ0v) is 15.9. The van der Waals surface area contributed by atoms with Crippen LogP contribution < -0.4 is 4.72 Å². The topological polar surface area (TPSA) is 46.2 Å². The van der Waals surface area contributed by atoms with Crippen LogP contribution in [-0.4, -0.2) is 14.5 Å². The van der Waals surface area contributed by atoms with Gasteiger partial charge in [0.15, 0.2) is 0 Å². The molecule has 0 unspecified atom stereocenters. The summed E-state index contributed by atoms with van der Waals surface area (Å²) >= 11 is 0. The van der Waals surface area contributed by atoms with Crippen molar-refractivity contribution in [2.24, 2.45) is 0 Å². The molecule has 2 rings (SSSR count). The van der Waals surface area contributed by atoms with Gasteiger partial charge in [-0.1, -0.05) is 76.8 Å². The van der Waals surface area contributed by atoms with Gasteiger partial charge in [-0.05, 0) is 37.0 Å². The minimum atomic E-state index is -3.40. The van der Waals surface area contributed by atoms with E-state index in [2.05, 4.69) is 11.6 Å². The molecule has 1 fully saturated rings. The summed E-state index contributed by atoms with van der Waals surface area (Å²) in [7, 11) is -3.40. The van der Waals surface area contributed by atoms with Crippen LogP contribution in [0.1, 0.15) is 83.1 Å². The van der Waals surface area contributed by atoms with E-state index in [1.165, 1.54) is 50.5 Å². The minimum absolute atomic E-state index is 0.0836. The van der Waals surface area contributed by atoms with Crippen molar-refractivity contribution in [2.45, 2.75) is 94.9 Å². The Balaban J connectivity index is 1.97. The second kappa shape index (κ2) is 10.2. The monoisotopic (exact) mass is 351 g/mol. The van der Waals surface area contributed by atoms with Gasteiger partial charge >= 0.3 is 0 Å². The Kier molecular flexibility index (Phi) is 8.26. The predicted octanol–water partition coefficient (Wildman–Crippen LogP) is 5.20. The van der Waals surface area contributed by atoms with Gasteiger partial charge in [-0.25, -0.2) is 13.1 Å². The van der Waals surface area contributed by atoms with Crippen LogP contribution in [0, 0.1) is 0 Å². The summed E-state index contributed by atoms with van der Waals surface area (Å²) in [6.07, 6.45) is 14.2. The Labute approximate surface area is 148 Å². The van der Waals surface area contributed by atoms with Gasteiger partial charge < -0.3 is 0 Å². The smallest absolute Gasteiger partial charge is 0.208 e. The molecule has 0 radical (unpaired) electrons. The van der Waals surface area contributed by atoms with Crippen LogP contribution in [0.15, 0.2) is 29.2 Å². The molecule has 0 spiro atoms. The second-order valence-corrected chi connectivity index (χ2v) is 8.79. The molecule has 24 heavy (non-hydrogen) atoms. The summed E-state index contributed by atoms with van der Waals surface area (Å²) in [6, 6.07) is 7.37. The lowest BCUT2D eigenvalue weighted by molar-refractivity contribution is 0.440. The van der Waals surface area contributed by atoms with Crippen molar-refractivity contribution in [2.75, 3.05) is 0 Å². The van der Waals surface area contributed by atoms with Crippen LogP contribution in [0.25, 0.3) is 0 Å². The molecule has 1 aromatic rings. The summed E-state index contributed by atoms with van der Waals surface area (Å²) in [4.78, 5) is 0.394. The van der Waals surface area contributed by atoms with Gasteiger partial charge in [0.2, 0.25) is 10.0 Å². The van der Waals surface area contributed by atoms with Gasteiger partial charge in [-0.2, -0.15) is 0 Å². The normalized spacial score (nSPS) is 19.4. The van der Waals surface area contributed by atoms with E-state index in [0.29, 0.717) is 4.90 Å². The first-order chi connectivity index (χ1) is 11.6. The summed E-state index contributed by atoms with van der Waals surface area (Å²) < 4.78 is 28.3.